The molecule has 1 aliphatic carbocycles. The second kappa shape index (κ2) is 7.07. The van der Waals surface area contributed by atoms with Crippen LogP contribution in [0.25, 0.3) is 16.7 Å². The Kier molecular flexibility index (Phi) is 4.39. The molecule has 0 radical (unpaired) electrons. The Balaban J connectivity index is 1.48. The summed E-state index contributed by atoms with van der Waals surface area (Å²) < 4.78 is 9.33. The number of hydrogen-bond acceptors (Lipinski definition) is 7. The maximum Gasteiger partial charge on any atom is 0.229 e. The molecular weight excluding hydrogens is 368 g/mol. The minimum absolute atomic E-state index is 0.341. The van der Waals surface area contributed by atoms with E-state index in [2.05, 4.69) is 25.1 Å². The zero-order chi connectivity index (χ0) is 20.0. The molecule has 1 saturated carbocycles. The van der Waals surface area contributed by atoms with Gasteiger partial charge < -0.3 is 10.1 Å². The van der Waals surface area contributed by atoms with Gasteiger partial charge in [-0.3, -0.25) is 0 Å². The van der Waals surface area contributed by atoms with Gasteiger partial charge in [-0.15, -0.1) is 0 Å². The molecule has 9 heteroatoms. The topological polar surface area (TPSA) is 95.0 Å². The standard InChI is InChI=1S/C20H24N8O/c1-12-8-18-22-11-23-27(18)10-17(12)24-20-21-9-16-13(2)26-28(19(16)25-20)14-4-6-15(29-3)7-5-14/h8-11,14-15H,4-7H2,1-3H3,(H,21,24,25). The van der Waals surface area contributed by atoms with Crippen LogP contribution in [-0.4, -0.2) is 47.6 Å². The van der Waals surface area contributed by atoms with Crippen molar-refractivity contribution in [2.75, 3.05) is 12.4 Å². The monoisotopic (exact) mass is 392 g/mol. The SMILES string of the molecule is COC1CCC(n2nc(C)c3cnc(Nc4cn5ncnc5cc4C)nc32)CC1. The molecule has 0 spiro atoms. The Bertz CT molecular complexity index is 1170. The third kappa shape index (κ3) is 3.21. The molecule has 1 aliphatic rings. The van der Waals surface area contributed by atoms with Gasteiger partial charge >= 0.3 is 0 Å². The minimum atomic E-state index is 0.341. The van der Waals surface area contributed by atoms with Crippen LogP contribution in [0.3, 0.4) is 0 Å². The van der Waals surface area contributed by atoms with Crippen LogP contribution in [0.5, 0.6) is 0 Å². The van der Waals surface area contributed by atoms with Crippen LogP contribution < -0.4 is 5.32 Å². The first-order valence-corrected chi connectivity index (χ1v) is 9.94. The number of nitrogens with zero attached hydrogens (tertiary/aromatic N) is 7. The van der Waals surface area contributed by atoms with Crippen LogP contribution in [0.4, 0.5) is 11.6 Å². The number of anilines is 2. The van der Waals surface area contributed by atoms with Crippen molar-refractivity contribution < 1.29 is 4.74 Å². The maximum atomic E-state index is 5.51. The van der Waals surface area contributed by atoms with Gasteiger partial charge in [-0.1, -0.05) is 0 Å². The fourth-order valence-electron chi connectivity index (χ4n) is 4.11. The molecule has 0 atom stereocenters. The first-order chi connectivity index (χ1) is 14.1. The fraction of sp³-hybridized carbons (Fsp3) is 0.450. The summed E-state index contributed by atoms with van der Waals surface area (Å²) in [6.07, 6.45) is 9.85. The van der Waals surface area contributed by atoms with Crippen LogP contribution in [0, 0.1) is 13.8 Å². The van der Waals surface area contributed by atoms with Crippen molar-refractivity contribution in [3.8, 4) is 0 Å². The van der Waals surface area contributed by atoms with Gasteiger partial charge in [0.1, 0.15) is 6.33 Å². The van der Waals surface area contributed by atoms with Crippen LogP contribution in [0.1, 0.15) is 43.0 Å². The normalized spacial score (nSPS) is 19.8. The predicted octanol–water partition coefficient (Wildman–Crippen LogP) is 3.36. The van der Waals surface area contributed by atoms with E-state index >= 15 is 0 Å². The highest BCUT2D eigenvalue weighted by Gasteiger charge is 2.25. The van der Waals surface area contributed by atoms with Gasteiger partial charge in [-0.2, -0.15) is 15.2 Å². The van der Waals surface area contributed by atoms with Gasteiger partial charge in [-0.25, -0.2) is 19.2 Å². The van der Waals surface area contributed by atoms with Crippen molar-refractivity contribution in [2.45, 2.75) is 51.7 Å². The predicted molar refractivity (Wildman–Crippen MR) is 109 cm³/mol. The van der Waals surface area contributed by atoms with E-state index in [0.29, 0.717) is 18.1 Å². The molecule has 4 aromatic rings. The highest BCUT2D eigenvalue weighted by Crippen LogP contribution is 2.32. The Morgan fingerprint density at radius 3 is 2.76 bits per heavy atom. The van der Waals surface area contributed by atoms with Gasteiger partial charge in [0.15, 0.2) is 11.3 Å². The Morgan fingerprint density at radius 2 is 1.97 bits per heavy atom. The number of ether oxygens (including phenoxy) is 1. The molecule has 5 rings (SSSR count). The van der Waals surface area contributed by atoms with Gasteiger partial charge in [0, 0.05) is 13.3 Å². The van der Waals surface area contributed by atoms with E-state index in [0.717, 1.165) is 59.3 Å². The maximum absolute atomic E-state index is 5.51. The summed E-state index contributed by atoms with van der Waals surface area (Å²) in [6, 6.07) is 2.32. The quantitative estimate of drug-likeness (QED) is 0.569. The number of fused-ring (bicyclic) bond motifs is 2. The number of nitrogens with one attached hydrogen (secondary N) is 1. The summed E-state index contributed by atoms with van der Waals surface area (Å²) in [5.74, 6) is 0.548. The third-order valence-corrected chi connectivity index (χ3v) is 5.83. The molecule has 0 aliphatic heterocycles. The van der Waals surface area contributed by atoms with Crippen molar-refractivity contribution in [1.82, 2.24) is 34.3 Å². The van der Waals surface area contributed by atoms with E-state index in [9.17, 15) is 0 Å². The molecule has 0 saturated heterocycles. The molecule has 0 bridgehead atoms. The molecular formula is C20H24N8O. The largest absolute Gasteiger partial charge is 0.381 e. The summed E-state index contributed by atoms with van der Waals surface area (Å²) in [7, 11) is 1.79. The summed E-state index contributed by atoms with van der Waals surface area (Å²) in [5, 5.41) is 13.3. The average Bonchev–Trinajstić information content (AvgIpc) is 3.32. The summed E-state index contributed by atoms with van der Waals surface area (Å²) in [6.45, 7) is 4.04. The number of rotatable bonds is 4. The van der Waals surface area contributed by atoms with Crippen LogP contribution in [0.15, 0.2) is 24.8 Å². The molecule has 4 aromatic heterocycles. The lowest BCUT2D eigenvalue weighted by Crippen LogP contribution is -2.23. The Morgan fingerprint density at radius 1 is 1.14 bits per heavy atom. The molecule has 4 heterocycles. The van der Waals surface area contributed by atoms with Crippen LogP contribution in [0.2, 0.25) is 0 Å². The average molecular weight is 392 g/mol. The van der Waals surface area contributed by atoms with E-state index < -0.39 is 0 Å². The number of pyridine rings is 1. The number of aryl methyl sites for hydroxylation is 2. The van der Waals surface area contributed by atoms with Gasteiger partial charge in [0.2, 0.25) is 5.95 Å². The second-order valence-electron chi connectivity index (χ2n) is 7.69. The van der Waals surface area contributed by atoms with Crippen molar-refractivity contribution in [3.05, 3.63) is 36.0 Å². The highest BCUT2D eigenvalue weighted by molar-refractivity contribution is 5.79. The highest BCUT2D eigenvalue weighted by atomic mass is 16.5. The molecule has 1 fully saturated rings. The van der Waals surface area contributed by atoms with Gasteiger partial charge in [0.25, 0.3) is 0 Å². The first kappa shape index (κ1) is 18.0. The zero-order valence-electron chi connectivity index (χ0n) is 16.8. The van der Waals surface area contributed by atoms with Crippen molar-refractivity contribution >= 4 is 28.3 Å². The number of methoxy groups -OCH3 is 1. The van der Waals surface area contributed by atoms with Crippen LogP contribution >= 0.6 is 0 Å². The molecule has 29 heavy (non-hydrogen) atoms. The van der Waals surface area contributed by atoms with Gasteiger partial charge in [-0.05, 0) is 51.2 Å². The second-order valence-corrected chi connectivity index (χ2v) is 7.69. The third-order valence-electron chi connectivity index (χ3n) is 5.83. The van der Waals surface area contributed by atoms with Gasteiger partial charge in [0.05, 0.1) is 35.1 Å². The molecule has 0 aromatic carbocycles. The molecule has 9 nitrogen and oxygen atoms in total. The lowest BCUT2D eigenvalue weighted by molar-refractivity contribution is 0.0573. The number of aromatic nitrogens is 7. The smallest absolute Gasteiger partial charge is 0.229 e. The van der Waals surface area contributed by atoms with Crippen LogP contribution in [-0.2, 0) is 4.74 Å². The molecule has 150 valence electrons. The molecule has 0 amide bonds. The van der Waals surface area contributed by atoms with E-state index in [1.807, 2.05) is 32.3 Å². The first-order valence-electron chi connectivity index (χ1n) is 9.94. The van der Waals surface area contributed by atoms with E-state index in [1.165, 1.54) is 0 Å². The fourth-order valence-corrected chi connectivity index (χ4v) is 4.11. The zero-order valence-corrected chi connectivity index (χ0v) is 16.8. The van der Waals surface area contributed by atoms with Crippen molar-refractivity contribution in [2.24, 2.45) is 0 Å². The molecule has 0 unspecified atom stereocenters. The Labute approximate surface area is 168 Å². The lowest BCUT2D eigenvalue weighted by atomic mass is 9.93. The number of hydrogen-bond donors (Lipinski definition) is 1. The van der Waals surface area contributed by atoms with E-state index in [1.54, 1.807) is 18.0 Å². The van der Waals surface area contributed by atoms with E-state index in [4.69, 9.17) is 14.8 Å². The summed E-state index contributed by atoms with van der Waals surface area (Å²) in [5.41, 5.74) is 4.59. The molecule has 1 N–H and O–H groups in total. The van der Waals surface area contributed by atoms with Crippen molar-refractivity contribution in [1.29, 1.82) is 0 Å². The lowest BCUT2D eigenvalue weighted by Gasteiger charge is -2.27. The summed E-state index contributed by atoms with van der Waals surface area (Å²) >= 11 is 0. The summed E-state index contributed by atoms with van der Waals surface area (Å²) in [4.78, 5) is 13.5. The Hall–Kier alpha value is -3.07. The van der Waals surface area contributed by atoms with E-state index in [-0.39, 0.29) is 0 Å². The van der Waals surface area contributed by atoms with Crippen molar-refractivity contribution in [3.63, 3.8) is 0 Å². The minimum Gasteiger partial charge on any atom is -0.381 e.